The van der Waals surface area contributed by atoms with Gasteiger partial charge in [0.15, 0.2) is 0 Å². The predicted molar refractivity (Wildman–Crippen MR) is 116 cm³/mol. The van der Waals surface area contributed by atoms with Gasteiger partial charge in [0.2, 0.25) is 0 Å². The number of nitrogens with two attached hydrogens (primary N) is 1. The van der Waals surface area contributed by atoms with Crippen molar-refractivity contribution < 1.29 is 0 Å². The van der Waals surface area contributed by atoms with Gasteiger partial charge in [-0.25, -0.2) is 4.98 Å². The fourth-order valence-electron chi connectivity index (χ4n) is 4.77. The molecular formula is C23H26N4S. The van der Waals surface area contributed by atoms with Crippen LogP contribution in [-0.2, 0) is 0 Å². The van der Waals surface area contributed by atoms with Crippen molar-refractivity contribution >= 4 is 23.1 Å². The Kier molecular flexibility index (Phi) is 4.87. The van der Waals surface area contributed by atoms with Gasteiger partial charge in [-0.3, -0.25) is 0 Å². The topological polar surface area (TPSA) is 47.1 Å². The van der Waals surface area contributed by atoms with Crippen molar-refractivity contribution in [1.29, 1.82) is 0 Å². The highest BCUT2D eigenvalue weighted by Crippen LogP contribution is 2.45. The molecule has 1 aromatic heterocycles. The van der Waals surface area contributed by atoms with Gasteiger partial charge in [0, 0.05) is 23.0 Å². The molecule has 2 atom stereocenters. The second kappa shape index (κ2) is 7.64. The zero-order valence-corrected chi connectivity index (χ0v) is 16.8. The van der Waals surface area contributed by atoms with Crippen LogP contribution in [0.2, 0.25) is 0 Å². The number of nitrogens with zero attached hydrogens (tertiary/aromatic N) is 3. The number of hydrogen-bond acceptors (Lipinski definition) is 4. The number of thioether (sulfide) groups is 1. The molecule has 5 heteroatoms. The van der Waals surface area contributed by atoms with Crippen molar-refractivity contribution in [1.82, 2.24) is 9.55 Å². The van der Waals surface area contributed by atoms with Crippen LogP contribution in [0.15, 0.2) is 72.1 Å². The van der Waals surface area contributed by atoms with E-state index in [1.807, 2.05) is 12.5 Å². The van der Waals surface area contributed by atoms with Gasteiger partial charge in [-0.15, -0.1) is 0 Å². The normalized spacial score (nSPS) is 20.9. The van der Waals surface area contributed by atoms with Crippen molar-refractivity contribution in [2.75, 3.05) is 4.90 Å². The summed E-state index contributed by atoms with van der Waals surface area (Å²) in [7, 11) is 0. The van der Waals surface area contributed by atoms with E-state index >= 15 is 0 Å². The molecular weight excluding hydrogens is 364 g/mol. The van der Waals surface area contributed by atoms with Crippen molar-refractivity contribution in [3.8, 4) is 0 Å². The molecule has 4 nitrogen and oxygen atoms in total. The quantitative estimate of drug-likeness (QED) is 0.635. The first-order valence-electron chi connectivity index (χ1n) is 10.2. The molecule has 0 saturated heterocycles. The fourth-order valence-corrected chi connectivity index (χ4v) is 5.81. The lowest BCUT2D eigenvalue weighted by molar-refractivity contribution is 0.279. The minimum atomic E-state index is -0.0777. The van der Waals surface area contributed by atoms with E-state index in [2.05, 4.69) is 69.2 Å². The van der Waals surface area contributed by atoms with Crippen LogP contribution >= 0.6 is 11.8 Å². The lowest BCUT2D eigenvalue weighted by Crippen LogP contribution is -2.32. The Bertz CT molecular complexity index is 916. The van der Waals surface area contributed by atoms with Crippen molar-refractivity contribution in [3.05, 3.63) is 72.8 Å². The maximum atomic E-state index is 6.43. The van der Waals surface area contributed by atoms with E-state index in [1.54, 1.807) is 11.8 Å². The second-order valence-electron chi connectivity index (χ2n) is 7.79. The van der Waals surface area contributed by atoms with Gasteiger partial charge in [0.1, 0.15) is 5.50 Å². The molecule has 2 aromatic carbocycles. The predicted octanol–water partition coefficient (Wildman–Crippen LogP) is 5.54. The largest absolute Gasteiger partial charge is 0.330 e. The number of para-hydroxylation sites is 1. The molecule has 2 unspecified atom stereocenters. The van der Waals surface area contributed by atoms with E-state index in [-0.39, 0.29) is 5.50 Å². The molecule has 2 aliphatic rings. The molecule has 1 saturated carbocycles. The molecule has 5 rings (SSSR count). The molecule has 2 heterocycles. The van der Waals surface area contributed by atoms with Crippen LogP contribution in [0.5, 0.6) is 0 Å². The Morgan fingerprint density at radius 2 is 1.79 bits per heavy atom. The number of benzene rings is 2. The van der Waals surface area contributed by atoms with E-state index in [0.29, 0.717) is 12.0 Å². The van der Waals surface area contributed by atoms with Crippen LogP contribution in [0.4, 0.5) is 11.4 Å². The Balaban J connectivity index is 1.46. The molecule has 0 spiro atoms. The summed E-state index contributed by atoms with van der Waals surface area (Å²) >= 11 is 1.72. The third kappa shape index (κ3) is 3.23. The first kappa shape index (κ1) is 17.8. The van der Waals surface area contributed by atoms with Gasteiger partial charge in [-0.2, -0.15) is 0 Å². The number of hydrogen-bond donors (Lipinski definition) is 1. The molecule has 1 fully saturated rings. The van der Waals surface area contributed by atoms with Gasteiger partial charge >= 0.3 is 0 Å². The Morgan fingerprint density at radius 3 is 2.54 bits per heavy atom. The average Bonchev–Trinajstić information content (AvgIpc) is 3.37. The number of rotatable bonds is 4. The summed E-state index contributed by atoms with van der Waals surface area (Å²) in [5.41, 5.74) is 10.1. The van der Waals surface area contributed by atoms with Crippen LogP contribution in [0.1, 0.15) is 43.7 Å². The number of fused-ring (bicyclic) bond motifs is 1. The maximum Gasteiger partial charge on any atom is 0.134 e. The van der Waals surface area contributed by atoms with Crippen molar-refractivity contribution in [2.45, 2.75) is 48.5 Å². The second-order valence-corrected chi connectivity index (χ2v) is 8.95. The van der Waals surface area contributed by atoms with E-state index in [4.69, 9.17) is 5.73 Å². The molecule has 1 aliphatic carbocycles. The molecule has 0 amide bonds. The summed E-state index contributed by atoms with van der Waals surface area (Å²) in [5.74, 6) is 0.680. The smallest absolute Gasteiger partial charge is 0.134 e. The highest BCUT2D eigenvalue weighted by Gasteiger charge is 2.29. The van der Waals surface area contributed by atoms with Gasteiger partial charge in [-0.05, 0) is 48.6 Å². The summed E-state index contributed by atoms with van der Waals surface area (Å²) in [6.45, 7) is 0. The molecule has 2 N–H and O–H groups in total. The maximum absolute atomic E-state index is 6.43. The molecule has 1 aliphatic heterocycles. The van der Waals surface area contributed by atoms with Crippen LogP contribution in [0, 0.1) is 5.92 Å². The lowest BCUT2D eigenvalue weighted by Gasteiger charge is -2.32. The van der Waals surface area contributed by atoms with Gasteiger partial charge in [-0.1, -0.05) is 55.3 Å². The van der Waals surface area contributed by atoms with Gasteiger partial charge < -0.3 is 15.2 Å². The zero-order chi connectivity index (χ0) is 18.9. The van der Waals surface area contributed by atoms with Crippen LogP contribution in [0.3, 0.4) is 0 Å². The number of imidazole rings is 1. The van der Waals surface area contributed by atoms with Crippen LogP contribution in [0.25, 0.3) is 0 Å². The number of anilines is 2. The summed E-state index contributed by atoms with van der Waals surface area (Å²) < 4.78 is 2.29. The summed E-state index contributed by atoms with van der Waals surface area (Å²) in [4.78, 5) is 7.79. The third-order valence-electron chi connectivity index (χ3n) is 6.08. The van der Waals surface area contributed by atoms with Crippen molar-refractivity contribution in [2.24, 2.45) is 11.7 Å². The first-order valence-corrected chi connectivity index (χ1v) is 11.1. The van der Waals surface area contributed by atoms with Crippen molar-refractivity contribution in [3.63, 3.8) is 0 Å². The molecule has 0 radical (unpaired) electrons. The summed E-state index contributed by atoms with van der Waals surface area (Å²) in [5, 5.41) is 0. The minimum absolute atomic E-state index is 0.0777. The molecule has 0 bridgehead atoms. The third-order valence-corrected chi connectivity index (χ3v) is 7.13. The average molecular weight is 391 g/mol. The standard InChI is InChI=1S/C23H26N4S/c24-23-27(20-8-4-5-9-21(20)28-23)19-12-10-18(11-13-19)22(26-15-14-25-16-26)17-6-2-1-3-7-17/h4-5,8-17,22-23H,1-3,6-7,24H2. The molecule has 28 heavy (non-hydrogen) atoms. The first-order chi connectivity index (χ1) is 13.8. The molecule has 144 valence electrons. The molecule has 3 aromatic rings. The Labute approximate surface area is 170 Å². The van der Waals surface area contributed by atoms with Gasteiger partial charge in [0.25, 0.3) is 0 Å². The van der Waals surface area contributed by atoms with Gasteiger partial charge in [0.05, 0.1) is 18.1 Å². The lowest BCUT2D eigenvalue weighted by atomic mass is 9.81. The summed E-state index contributed by atoms with van der Waals surface area (Å²) in [6, 6.07) is 17.8. The van der Waals surface area contributed by atoms with E-state index in [0.717, 1.165) is 5.69 Å². The zero-order valence-electron chi connectivity index (χ0n) is 15.9. The highest BCUT2D eigenvalue weighted by atomic mass is 32.2. The van der Waals surface area contributed by atoms with E-state index in [1.165, 1.54) is 48.3 Å². The Hall–Kier alpha value is -2.24. The number of aromatic nitrogens is 2. The van der Waals surface area contributed by atoms with E-state index in [9.17, 15) is 0 Å². The highest BCUT2D eigenvalue weighted by molar-refractivity contribution is 8.00. The van der Waals surface area contributed by atoms with Crippen LogP contribution < -0.4 is 10.6 Å². The monoisotopic (exact) mass is 390 g/mol. The minimum Gasteiger partial charge on any atom is -0.330 e. The fraction of sp³-hybridized carbons (Fsp3) is 0.348. The summed E-state index contributed by atoms with van der Waals surface area (Å²) in [6.07, 6.45) is 12.6. The Morgan fingerprint density at radius 1 is 1.00 bits per heavy atom. The van der Waals surface area contributed by atoms with Crippen LogP contribution in [-0.4, -0.2) is 15.0 Å². The van der Waals surface area contributed by atoms with E-state index < -0.39 is 0 Å². The SMILES string of the molecule is NC1Sc2ccccc2N1c1ccc(C(C2CCCCC2)n2ccnc2)cc1.